The monoisotopic (exact) mass is 330 g/mol. The molecule has 0 bridgehead atoms. The van der Waals surface area contributed by atoms with Crippen LogP contribution >= 0.6 is 0 Å². The zero-order valence-electron chi connectivity index (χ0n) is 13.2. The van der Waals surface area contributed by atoms with Gasteiger partial charge in [-0.05, 0) is 26.8 Å². The number of aryl methyl sites for hydroxylation is 2. The zero-order valence-corrected chi connectivity index (χ0v) is 13.2. The molecule has 0 fully saturated rings. The molecule has 0 aromatic carbocycles. The average molecular weight is 330 g/mol. The van der Waals surface area contributed by atoms with Crippen molar-refractivity contribution in [2.75, 3.05) is 5.32 Å². The molecule has 1 amide bonds. The van der Waals surface area contributed by atoms with Crippen molar-refractivity contribution in [3.63, 3.8) is 0 Å². The number of nitrogens with one attached hydrogen (secondary N) is 1. The van der Waals surface area contributed by atoms with Gasteiger partial charge in [0, 0.05) is 18.0 Å². The van der Waals surface area contributed by atoms with E-state index in [4.69, 9.17) is 9.26 Å². The molecule has 0 saturated carbocycles. The van der Waals surface area contributed by atoms with Crippen LogP contribution in [0.1, 0.15) is 29.0 Å². The van der Waals surface area contributed by atoms with Crippen LogP contribution in [-0.2, 0) is 9.53 Å². The molecule has 10 heteroatoms. The summed E-state index contributed by atoms with van der Waals surface area (Å²) in [6, 6.07) is 3.28. The summed E-state index contributed by atoms with van der Waals surface area (Å²) in [5, 5.41) is 10.1. The van der Waals surface area contributed by atoms with Crippen molar-refractivity contribution in [3.05, 3.63) is 35.6 Å². The highest BCUT2D eigenvalue weighted by Crippen LogP contribution is 2.09. The predicted octanol–water partition coefficient (Wildman–Crippen LogP) is 0.913. The van der Waals surface area contributed by atoms with Crippen molar-refractivity contribution in [2.24, 2.45) is 0 Å². The van der Waals surface area contributed by atoms with Gasteiger partial charge in [-0.25, -0.2) is 14.3 Å². The predicted molar refractivity (Wildman–Crippen MR) is 80.3 cm³/mol. The Bertz CT molecular complexity index is 915. The highest BCUT2D eigenvalue weighted by Gasteiger charge is 2.23. The normalized spacial score (nSPS) is 12.1. The summed E-state index contributed by atoms with van der Waals surface area (Å²) in [6.07, 6.45) is 0.500. The number of anilines is 1. The third kappa shape index (κ3) is 3.07. The van der Waals surface area contributed by atoms with Gasteiger partial charge >= 0.3 is 5.97 Å². The van der Waals surface area contributed by atoms with E-state index < -0.39 is 18.0 Å². The summed E-state index contributed by atoms with van der Waals surface area (Å²) >= 11 is 0. The van der Waals surface area contributed by atoms with Crippen molar-refractivity contribution < 1.29 is 18.8 Å². The molecule has 3 rings (SSSR count). The Labute approximate surface area is 135 Å². The first kappa shape index (κ1) is 15.6. The summed E-state index contributed by atoms with van der Waals surface area (Å²) in [4.78, 5) is 32.1. The summed E-state index contributed by atoms with van der Waals surface area (Å²) in [5.41, 5.74) is 0.763. The maximum atomic E-state index is 12.1. The first-order valence-corrected chi connectivity index (χ1v) is 7.07. The van der Waals surface area contributed by atoms with E-state index in [-0.39, 0.29) is 17.4 Å². The van der Waals surface area contributed by atoms with Crippen LogP contribution in [0.2, 0.25) is 0 Å². The fourth-order valence-electron chi connectivity index (χ4n) is 1.91. The van der Waals surface area contributed by atoms with Gasteiger partial charge in [0.15, 0.2) is 11.9 Å². The topological polar surface area (TPSA) is 125 Å². The number of esters is 1. The van der Waals surface area contributed by atoms with Crippen LogP contribution in [0.15, 0.2) is 22.9 Å². The van der Waals surface area contributed by atoms with E-state index in [9.17, 15) is 9.59 Å². The van der Waals surface area contributed by atoms with Crippen LogP contribution in [0.25, 0.3) is 5.78 Å². The number of ether oxygens (including phenoxy) is 1. The molecule has 1 atom stereocenters. The molecule has 10 nitrogen and oxygen atoms in total. The van der Waals surface area contributed by atoms with E-state index in [1.165, 1.54) is 11.4 Å². The van der Waals surface area contributed by atoms with Gasteiger partial charge in [0.2, 0.25) is 0 Å². The quantitative estimate of drug-likeness (QED) is 0.700. The third-order valence-electron chi connectivity index (χ3n) is 3.14. The van der Waals surface area contributed by atoms with Crippen molar-refractivity contribution in [3.8, 4) is 0 Å². The van der Waals surface area contributed by atoms with Crippen LogP contribution in [0.5, 0.6) is 0 Å². The summed E-state index contributed by atoms with van der Waals surface area (Å²) in [7, 11) is 0. The lowest BCUT2D eigenvalue weighted by Gasteiger charge is -2.10. The van der Waals surface area contributed by atoms with Crippen molar-refractivity contribution in [1.82, 2.24) is 24.7 Å². The van der Waals surface area contributed by atoms with Crippen LogP contribution in [0.3, 0.4) is 0 Å². The van der Waals surface area contributed by atoms with Crippen LogP contribution in [-0.4, -0.2) is 42.7 Å². The molecule has 124 valence electrons. The second-order valence-corrected chi connectivity index (χ2v) is 5.09. The van der Waals surface area contributed by atoms with Crippen LogP contribution < -0.4 is 5.32 Å². The van der Waals surface area contributed by atoms with Gasteiger partial charge in [0.1, 0.15) is 5.76 Å². The lowest BCUT2D eigenvalue weighted by molar-refractivity contribution is -0.123. The van der Waals surface area contributed by atoms with Crippen molar-refractivity contribution in [1.29, 1.82) is 0 Å². The molecule has 3 heterocycles. The number of rotatable bonds is 4. The standard InChI is InChI=1S/C14H14N6O4/c1-7-4-5-15-14-17-11(18-20(7)14)13(22)23-9(3)12(21)16-10-6-8(2)24-19-10/h4-6,9H,1-3H3,(H,16,19,21)/t9-/m0/s1. The molecule has 0 spiro atoms. The lowest BCUT2D eigenvalue weighted by atomic mass is 10.3. The first-order valence-electron chi connectivity index (χ1n) is 7.07. The molecule has 0 aliphatic carbocycles. The van der Waals surface area contributed by atoms with E-state index in [0.29, 0.717) is 5.76 Å². The third-order valence-corrected chi connectivity index (χ3v) is 3.14. The van der Waals surface area contributed by atoms with E-state index in [2.05, 4.69) is 25.5 Å². The Balaban J connectivity index is 1.68. The second-order valence-electron chi connectivity index (χ2n) is 5.09. The minimum atomic E-state index is -1.06. The number of hydrogen-bond donors (Lipinski definition) is 1. The van der Waals surface area contributed by atoms with E-state index in [1.54, 1.807) is 32.2 Å². The zero-order chi connectivity index (χ0) is 17.3. The number of carbonyl (C=O) groups is 2. The Kier molecular flexibility index (Phi) is 3.94. The van der Waals surface area contributed by atoms with Crippen molar-refractivity contribution >= 4 is 23.5 Å². The number of aromatic nitrogens is 5. The lowest BCUT2D eigenvalue weighted by Crippen LogP contribution is -2.30. The maximum Gasteiger partial charge on any atom is 0.379 e. The van der Waals surface area contributed by atoms with Gasteiger partial charge in [-0.3, -0.25) is 4.79 Å². The van der Waals surface area contributed by atoms with Gasteiger partial charge < -0.3 is 14.6 Å². The molecule has 0 saturated heterocycles. The molecule has 0 radical (unpaired) electrons. The number of amides is 1. The molecule has 0 aliphatic heterocycles. The number of nitrogens with zero attached hydrogens (tertiary/aromatic N) is 5. The van der Waals surface area contributed by atoms with Gasteiger partial charge in [0.05, 0.1) is 0 Å². The molecule has 0 aliphatic rings. The molecule has 3 aromatic heterocycles. The van der Waals surface area contributed by atoms with Gasteiger partial charge in [-0.1, -0.05) is 5.16 Å². The fraction of sp³-hybridized carbons (Fsp3) is 0.286. The van der Waals surface area contributed by atoms with Gasteiger partial charge in [0.25, 0.3) is 17.5 Å². The Morgan fingerprint density at radius 1 is 1.38 bits per heavy atom. The number of fused-ring (bicyclic) bond motifs is 1. The highest BCUT2D eigenvalue weighted by atomic mass is 16.5. The Hall–Kier alpha value is -3.30. The largest absolute Gasteiger partial charge is 0.447 e. The number of carbonyl (C=O) groups excluding carboxylic acids is 2. The SMILES string of the molecule is Cc1cc(NC(=O)[C@H](C)OC(=O)c2nc3nccc(C)n3n2)no1. The van der Waals surface area contributed by atoms with Crippen molar-refractivity contribution in [2.45, 2.75) is 26.9 Å². The van der Waals surface area contributed by atoms with E-state index in [0.717, 1.165) is 5.69 Å². The summed E-state index contributed by atoms with van der Waals surface area (Å²) in [6.45, 7) is 4.92. The fourth-order valence-corrected chi connectivity index (χ4v) is 1.91. The molecule has 1 N–H and O–H groups in total. The second kappa shape index (κ2) is 6.07. The average Bonchev–Trinajstić information content (AvgIpc) is 3.14. The minimum absolute atomic E-state index is 0.172. The summed E-state index contributed by atoms with van der Waals surface area (Å²) < 4.78 is 11.3. The Morgan fingerprint density at radius 2 is 2.17 bits per heavy atom. The van der Waals surface area contributed by atoms with Crippen LogP contribution in [0.4, 0.5) is 5.82 Å². The first-order chi connectivity index (χ1) is 11.4. The van der Waals surface area contributed by atoms with Gasteiger partial charge in [-0.2, -0.15) is 4.98 Å². The highest BCUT2D eigenvalue weighted by molar-refractivity contribution is 5.95. The van der Waals surface area contributed by atoms with Gasteiger partial charge in [-0.15, -0.1) is 5.10 Å². The maximum absolute atomic E-state index is 12.1. The molecular weight excluding hydrogens is 316 g/mol. The summed E-state index contributed by atoms with van der Waals surface area (Å²) in [5.74, 6) is -0.475. The van der Waals surface area contributed by atoms with E-state index in [1.807, 2.05) is 0 Å². The molecule has 0 unspecified atom stereocenters. The molecular formula is C14H14N6O4. The smallest absolute Gasteiger partial charge is 0.379 e. The minimum Gasteiger partial charge on any atom is -0.447 e. The van der Waals surface area contributed by atoms with E-state index >= 15 is 0 Å². The van der Waals surface area contributed by atoms with Crippen LogP contribution in [0, 0.1) is 13.8 Å². The molecule has 24 heavy (non-hydrogen) atoms. The molecule has 3 aromatic rings. The number of hydrogen-bond acceptors (Lipinski definition) is 8. The Morgan fingerprint density at radius 3 is 2.83 bits per heavy atom.